The maximum atomic E-state index is 12.3. The standard InChI is InChI=1S/C23H23N3O4/c1-17(18-7-3-2-4-8-18)26(14-20-10-6-12-29-20)15-22-25-21(16-30-22)23(27)24-13-19-9-5-11-28-19/h2-12,16-17H,13-15H2,1H3,(H,24,27). The van der Waals surface area contributed by atoms with Crippen LogP contribution in [0.5, 0.6) is 0 Å². The summed E-state index contributed by atoms with van der Waals surface area (Å²) in [4.78, 5) is 18.9. The van der Waals surface area contributed by atoms with Crippen LogP contribution in [0.3, 0.4) is 0 Å². The van der Waals surface area contributed by atoms with Gasteiger partial charge in [-0.3, -0.25) is 9.69 Å². The van der Waals surface area contributed by atoms with Crippen LogP contribution in [0.2, 0.25) is 0 Å². The Balaban J connectivity index is 1.45. The molecule has 0 aliphatic heterocycles. The number of hydrogen-bond acceptors (Lipinski definition) is 6. The van der Waals surface area contributed by atoms with E-state index in [2.05, 4.69) is 34.3 Å². The molecule has 4 aromatic rings. The smallest absolute Gasteiger partial charge is 0.273 e. The fourth-order valence-corrected chi connectivity index (χ4v) is 3.21. The Labute approximate surface area is 174 Å². The Bertz CT molecular complexity index is 1040. The zero-order valence-corrected chi connectivity index (χ0v) is 16.7. The van der Waals surface area contributed by atoms with Crippen molar-refractivity contribution in [3.05, 3.63) is 102 Å². The van der Waals surface area contributed by atoms with E-state index in [0.29, 0.717) is 31.3 Å². The third-order valence-corrected chi connectivity index (χ3v) is 4.89. The molecule has 1 N–H and O–H groups in total. The number of carbonyl (C=O) groups is 1. The molecule has 3 heterocycles. The van der Waals surface area contributed by atoms with Gasteiger partial charge in [-0.2, -0.15) is 0 Å². The van der Waals surface area contributed by atoms with E-state index >= 15 is 0 Å². The highest BCUT2D eigenvalue weighted by Gasteiger charge is 2.21. The summed E-state index contributed by atoms with van der Waals surface area (Å²) in [6.07, 6.45) is 4.61. The maximum Gasteiger partial charge on any atom is 0.273 e. The van der Waals surface area contributed by atoms with Crippen LogP contribution in [0.1, 0.15) is 46.4 Å². The Morgan fingerprint density at radius 3 is 2.40 bits per heavy atom. The minimum absolute atomic E-state index is 0.0967. The lowest BCUT2D eigenvalue weighted by atomic mass is 10.1. The van der Waals surface area contributed by atoms with Crippen LogP contribution in [-0.2, 0) is 19.6 Å². The third kappa shape index (κ3) is 4.87. The minimum Gasteiger partial charge on any atom is -0.468 e. The number of benzene rings is 1. The van der Waals surface area contributed by atoms with E-state index in [1.165, 1.54) is 11.8 Å². The lowest BCUT2D eigenvalue weighted by molar-refractivity contribution is 0.0943. The average Bonchev–Trinajstić information content (AvgIpc) is 3.55. The van der Waals surface area contributed by atoms with Crippen LogP contribution in [0, 0.1) is 0 Å². The maximum absolute atomic E-state index is 12.3. The first kappa shape index (κ1) is 19.7. The molecule has 1 atom stereocenters. The van der Waals surface area contributed by atoms with Crippen molar-refractivity contribution in [2.75, 3.05) is 0 Å². The molecule has 154 valence electrons. The van der Waals surface area contributed by atoms with Gasteiger partial charge >= 0.3 is 0 Å². The molecule has 0 saturated carbocycles. The quantitative estimate of drug-likeness (QED) is 0.440. The molecule has 0 aliphatic rings. The van der Waals surface area contributed by atoms with Crippen LogP contribution in [0.15, 0.2) is 86.6 Å². The van der Waals surface area contributed by atoms with Crippen LogP contribution >= 0.6 is 0 Å². The molecule has 0 fully saturated rings. The Morgan fingerprint density at radius 1 is 0.967 bits per heavy atom. The van der Waals surface area contributed by atoms with Gasteiger partial charge in [-0.1, -0.05) is 30.3 Å². The van der Waals surface area contributed by atoms with E-state index in [1.807, 2.05) is 30.3 Å². The Hall–Kier alpha value is -3.58. The van der Waals surface area contributed by atoms with E-state index in [9.17, 15) is 4.79 Å². The highest BCUT2D eigenvalue weighted by atomic mass is 16.3. The zero-order valence-electron chi connectivity index (χ0n) is 16.7. The van der Waals surface area contributed by atoms with Crippen molar-refractivity contribution in [3.63, 3.8) is 0 Å². The second kappa shape index (κ2) is 9.28. The van der Waals surface area contributed by atoms with E-state index in [4.69, 9.17) is 13.3 Å². The summed E-state index contributed by atoms with van der Waals surface area (Å²) in [7, 11) is 0. The summed E-state index contributed by atoms with van der Waals surface area (Å²) in [6.45, 7) is 3.44. The van der Waals surface area contributed by atoms with E-state index in [-0.39, 0.29) is 17.6 Å². The molecule has 30 heavy (non-hydrogen) atoms. The summed E-state index contributed by atoms with van der Waals surface area (Å²) in [5.74, 6) is 1.68. The number of furan rings is 2. The fourth-order valence-electron chi connectivity index (χ4n) is 3.21. The molecule has 0 saturated heterocycles. The van der Waals surface area contributed by atoms with Gasteiger partial charge in [0.15, 0.2) is 5.69 Å². The molecule has 3 aromatic heterocycles. The molecule has 0 bridgehead atoms. The number of hydrogen-bond donors (Lipinski definition) is 1. The number of oxazole rings is 1. The average molecular weight is 405 g/mol. The fraction of sp³-hybridized carbons (Fsp3) is 0.217. The van der Waals surface area contributed by atoms with Crippen molar-refractivity contribution in [1.82, 2.24) is 15.2 Å². The van der Waals surface area contributed by atoms with Crippen molar-refractivity contribution in [1.29, 1.82) is 0 Å². The van der Waals surface area contributed by atoms with E-state index in [0.717, 1.165) is 5.76 Å². The molecule has 4 rings (SSSR count). The summed E-state index contributed by atoms with van der Waals surface area (Å²) in [6, 6.07) is 17.7. The predicted octanol–water partition coefficient (Wildman–Crippen LogP) is 4.55. The summed E-state index contributed by atoms with van der Waals surface area (Å²) >= 11 is 0. The summed E-state index contributed by atoms with van der Waals surface area (Å²) in [5.41, 5.74) is 1.41. The van der Waals surface area contributed by atoms with Gasteiger partial charge in [-0.05, 0) is 36.8 Å². The van der Waals surface area contributed by atoms with Crippen LogP contribution in [0.25, 0.3) is 0 Å². The summed E-state index contributed by atoms with van der Waals surface area (Å²) < 4.78 is 16.3. The lowest BCUT2D eigenvalue weighted by Crippen LogP contribution is -2.26. The number of carbonyl (C=O) groups excluding carboxylic acids is 1. The van der Waals surface area contributed by atoms with Crippen molar-refractivity contribution >= 4 is 5.91 Å². The zero-order chi connectivity index (χ0) is 20.8. The highest BCUT2D eigenvalue weighted by molar-refractivity contribution is 5.91. The number of aromatic nitrogens is 1. The number of nitrogens with one attached hydrogen (secondary N) is 1. The van der Waals surface area contributed by atoms with Gasteiger partial charge in [0.1, 0.15) is 17.8 Å². The molecule has 7 heteroatoms. The second-order valence-corrected chi connectivity index (χ2v) is 6.96. The number of amides is 1. The first-order valence-electron chi connectivity index (χ1n) is 9.75. The molecule has 0 spiro atoms. The Morgan fingerprint density at radius 2 is 1.70 bits per heavy atom. The number of nitrogens with zero attached hydrogens (tertiary/aromatic N) is 2. The molecular weight excluding hydrogens is 382 g/mol. The van der Waals surface area contributed by atoms with E-state index < -0.39 is 0 Å². The van der Waals surface area contributed by atoms with Crippen LogP contribution < -0.4 is 5.32 Å². The van der Waals surface area contributed by atoms with Gasteiger partial charge in [0.2, 0.25) is 5.89 Å². The van der Waals surface area contributed by atoms with Gasteiger partial charge in [-0.25, -0.2) is 4.98 Å². The molecule has 1 amide bonds. The monoisotopic (exact) mass is 405 g/mol. The minimum atomic E-state index is -0.310. The largest absolute Gasteiger partial charge is 0.468 e. The third-order valence-electron chi connectivity index (χ3n) is 4.89. The van der Waals surface area contributed by atoms with Crippen molar-refractivity contribution in [3.8, 4) is 0 Å². The van der Waals surface area contributed by atoms with Gasteiger partial charge in [0.05, 0.1) is 32.2 Å². The van der Waals surface area contributed by atoms with Crippen molar-refractivity contribution in [2.24, 2.45) is 0 Å². The Kier molecular flexibility index (Phi) is 6.10. The van der Waals surface area contributed by atoms with E-state index in [1.54, 1.807) is 24.7 Å². The topological polar surface area (TPSA) is 84.7 Å². The molecule has 0 aliphatic carbocycles. The van der Waals surface area contributed by atoms with Gasteiger partial charge in [-0.15, -0.1) is 0 Å². The predicted molar refractivity (Wildman–Crippen MR) is 109 cm³/mol. The molecule has 1 aromatic carbocycles. The SMILES string of the molecule is CC(c1ccccc1)N(Cc1ccco1)Cc1nc(C(=O)NCc2ccco2)co1. The van der Waals surface area contributed by atoms with Crippen molar-refractivity contribution in [2.45, 2.75) is 32.6 Å². The first-order valence-corrected chi connectivity index (χ1v) is 9.75. The molecule has 1 unspecified atom stereocenters. The van der Waals surface area contributed by atoms with Gasteiger partial charge in [0.25, 0.3) is 5.91 Å². The lowest BCUT2D eigenvalue weighted by Gasteiger charge is -2.27. The summed E-state index contributed by atoms with van der Waals surface area (Å²) in [5, 5.41) is 2.77. The molecule has 0 radical (unpaired) electrons. The molecular formula is C23H23N3O4. The van der Waals surface area contributed by atoms with Gasteiger partial charge < -0.3 is 18.6 Å². The highest BCUT2D eigenvalue weighted by Crippen LogP contribution is 2.24. The van der Waals surface area contributed by atoms with Crippen LogP contribution in [0.4, 0.5) is 0 Å². The second-order valence-electron chi connectivity index (χ2n) is 6.96. The first-order chi connectivity index (χ1) is 14.7. The van der Waals surface area contributed by atoms with Crippen LogP contribution in [-0.4, -0.2) is 15.8 Å². The van der Waals surface area contributed by atoms with Crippen molar-refractivity contribution < 1.29 is 18.0 Å². The van der Waals surface area contributed by atoms with Gasteiger partial charge in [0, 0.05) is 6.04 Å². The molecule has 7 nitrogen and oxygen atoms in total. The number of rotatable bonds is 9. The normalized spacial score (nSPS) is 12.2.